The Kier molecular flexibility index (Phi) is 3.11. The van der Waals surface area contributed by atoms with Crippen molar-refractivity contribution in [2.75, 3.05) is 10.5 Å². The first-order valence-electron chi connectivity index (χ1n) is 4.84. The van der Waals surface area contributed by atoms with Gasteiger partial charge in [-0.05, 0) is 24.3 Å². The summed E-state index contributed by atoms with van der Waals surface area (Å²) in [4.78, 5) is 7.17. The summed E-state index contributed by atoms with van der Waals surface area (Å²) in [5.41, 5.74) is 5.15. The molecule has 2 aromatic rings. The van der Waals surface area contributed by atoms with Gasteiger partial charge in [0.1, 0.15) is 5.82 Å². The largest absolute Gasteiger partial charge is 0.396 e. The van der Waals surface area contributed by atoms with Crippen molar-refractivity contribution in [2.45, 2.75) is 4.90 Å². The van der Waals surface area contributed by atoms with Crippen LogP contribution in [-0.2, 0) is 10.0 Å². The van der Waals surface area contributed by atoms with E-state index < -0.39 is 15.8 Å². The molecule has 0 atom stereocenters. The van der Waals surface area contributed by atoms with E-state index in [4.69, 9.17) is 5.73 Å². The summed E-state index contributed by atoms with van der Waals surface area (Å²) < 4.78 is 39.1. The van der Waals surface area contributed by atoms with Gasteiger partial charge in [-0.25, -0.2) is 27.5 Å². The zero-order valence-corrected chi connectivity index (χ0v) is 9.86. The minimum absolute atomic E-state index is 0.0882. The third-order valence-corrected chi connectivity index (χ3v) is 3.40. The normalized spacial score (nSPS) is 11.2. The minimum atomic E-state index is -3.92. The van der Waals surface area contributed by atoms with Gasteiger partial charge in [0.25, 0.3) is 10.0 Å². The number of rotatable bonds is 3. The number of nitrogens with zero attached hydrogens (tertiary/aromatic N) is 2. The van der Waals surface area contributed by atoms with Crippen LogP contribution in [0.1, 0.15) is 0 Å². The number of anilines is 2. The van der Waals surface area contributed by atoms with E-state index in [0.717, 1.165) is 6.07 Å². The molecule has 0 radical (unpaired) electrons. The number of nitrogen functional groups attached to an aromatic ring is 1. The Morgan fingerprint density at radius 1 is 1.22 bits per heavy atom. The van der Waals surface area contributed by atoms with Gasteiger partial charge in [-0.15, -0.1) is 0 Å². The van der Waals surface area contributed by atoms with Gasteiger partial charge in [0.15, 0.2) is 0 Å². The van der Waals surface area contributed by atoms with Gasteiger partial charge >= 0.3 is 0 Å². The first-order valence-corrected chi connectivity index (χ1v) is 6.32. The van der Waals surface area contributed by atoms with E-state index in [-0.39, 0.29) is 16.5 Å². The van der Waals surface area contributed by atoms with E-state index in [1.165, 1.54) is 24.5 Å². The third-order valence-electron chi connectivity index (χ3n) is 2.07. The number of nitrogens with one attached hydrogen (secondary N) is 1. The SMILES string of the molecule is Nc1ccc(S(=O)(=O)Nc2ncccn2)cc1F. The molecule has 1 aromatic heterocycles. The molecule has 18 heavy (non-hydrogen) atoms. The number of sulfonamides is 1. The highest BCUT2D eigenvalue weighted by Gasteiger charge is 2.16. The average molecular weight is 268 g/mol. The van der Waals surface area contributed by atoms with Crippen molar-refractivity contribution in [1.29, 1.82) is 0 Å². The van der Waals surface area contributed by atoms with Crippen LogP contribution in [0, 0.1) is 5.82 Å². The van der Waals surface area contributed by atoms with Crippen molar-refractivity contribution in [1.82, 2.24) is 9.97 Å². The second-order valence-electron chi connectivity index (χ2n) is 3.36. The molecule has 1 heterocycles. The number of aromatic nitrogens is 2. The van der Waals surface area contributed by atoms with Crippen LogP contribution in [0.3, 0.4) is 0 Å². The van der Waals surface area contributed by atoms with E-state index in [9.17, 15) is 12.8 Å². The van der Waals surface area contributed by atoms with Crippen LogP contribution < -0.4 is 10.5 Å². The lowest BCUT2D eigenvalue weighted by molar-refractivity contribution is 0.596. The Hall–Kier alpha value is -2.22. The van der Waals surface area contributed by atoms with Crippen LogP contribution in [-0.4, -0.2) is 18.4 Å². The van der Waals surface area contributed by atoms with Crippen molar-refractivity contribution in [2.24, 2.45) is 0 Å². The van der Waals surface area contributed by atoms with Crippen molar-refractivity contribution in [3.63, 3.8) is 0 Å². The summed E-state index contributed by atoms with van der Waals surface area (Å²) in [6.07, 6.45) is 2.77. The second-order valence-corrected chi connectivity index (χ2v) is 5.04. The highest BCUT2D eigenvalue weighted by atomic mass is 32.2. The summed E-state index contributed by atoms with van der Waals surface area (Å²) in [5, 5.41) is 0. The molecule has 6 nitrogen and oxygen atoms in total. The molecule has 8 heteroatoms. The monoisotopic (exact) mass is 268 g/mol. The van der Waals surface area contributed by atoms with Gasteiger partial charge in [0.2, 0.25) is 5.95 Å². The van der Waals surface area contributed by atoms with Crippen molar-refractivity contribution in [3.05, 3.63) is 42.5 Å². The molecule has 3 N–H and O–H groups in total. The van der Waals surface area contributed by atoms with E-state index in [0.29, 0.717) is 0 Å². The predicted molar refractivity (Wildman–Crippen MR) is 63.7 cm³/mol. The maximum atomic E-state index is 13.2. The van der Waals surface area contributed by atoms with Crippen LogP contribution in [0.4, 0.5) is 16.0 Å². The van der Waals surface area contributed by atoms with Crippen molar-refractivity contribution in [3.8, 4) is 0 Å². The Morgan fingerprint density at radius 2 is 1.89 bits per heavy atom. The van der Waals surface area contributed by atoms with Crippen LogP contribution in [0.5, 0.6) is 0 Å². The third kappa shape index (κ3) is 2.54. The number of hydrogen-bond acceptors (Lipinski definition) is 5. The van der Waals surface area contributed by atoms with Gasteiger partial charge in [-0.3, -0.25) is 0 Å². The Balaban J connectivity index is 2.34. The molecule has 2 rings (SSSR count). The quantitative estimate of drug-likeness (QED) is 0.809. The molecule has 94 valence electrons. The zero-order chi connectivity index (χ0) is 13.2. The molecule has 0 aliphatic heterocycles. The number of nitrogens with two attached hydrogens (primary N) is 1. The summed E-state index contributed by atoms with van der Waals surface area (Å²) in [5.74, 6) is -0.887. The van der Waals surface area contributed by atoms with E-state index >= 15 is 0 Å². The topological polar surface area (TPSA) is 98.0 Å². The highest BCUT2D eigenvalue weighted by molar-refractivity contribution is 7.92. The zero-order valence-electron chi connectivity index (χ0n) is 9.04. The number of halogens is 1. The molecule has 0 saturated heterocycles. The fraction of sp³-hybridized carbons (Fsp3) is 0. The van der Waals surface area contributed by atoms with Crippen LogP contribution in [0.25, 0.3) is 0 Å². The maximum absolute atomic E-state index is 13.2. The van der Waals surface area contributed by atoms with Gasteiger partial charge in [-0.2, -0.15) is 0 Å². The summed E-state index contributed by atoms with van der Waals surface area (Å²) in [6.45, 7) is 0. The van der Waals surface area contributed by atoms with E-state index in [1.807, 2.05) is 0 Å². The van der Waals surface area contributed by atoms with Crippen molar-refractivity contribution < 1.29 is 12.8 Å². The van der Waals surface area contributed by atoms with Gasteiger partial charge in [0, 0.05) is 12.4 Å². The molecular weight excluding hydrogens is 259 g/mol. The predicted octanol–water partition coefficient (Wildman–Crippen LogP) is 0.999. The van der Waals surface area contributed by atoms with Gasteiger partial charge in [-0.1, -0.05) is 0 Å². The standard InChI is InChI=1S/C10H9FN4O2S/c11-8-6-7(2-3-9(8)12)18(16,17)15-10-13-4-1-5-14-10/h1-6H,12H2,(H,13,14,15). The summed E-state index contributed by atoms with van der Waals surface area (Å²) in [6, 6.07) is 4.75. The molecule has 0 amide bonds. The van der Waals surface area contributed by atoms with Crippen molar-refractivity contribution >= 4 is 21.7 Å². The number of benzene rings is 1. The van der Waals surface area contributed by atoms with Gasteiger partial charge in [0.05, 0.1) is 10.6 Å². The second kappa shape index (κ2) is 4.57. The lowest BCUT2D eigenvalue weighted by Crippen LogP contribution is -2.15. The van der Waals surface area contributed by atoms with Crippen LogP contribution in [0.15, 0.2) is 41.6 Å². The average Bonchev–Trinajstić information content (AvgIpc) is 2.33. The van der Waals surface area contributed by atoms with E-state index in [2.05, 4.69) is 14.7 Å². The Bertz CT molecular complexity index is 661. The smallest absolute Gasteiger partial charge is 0.264 e. The summed E-state index contributed by atoms with van der Waals surface area (Å²) >= 11 is 0. The minimum Gasteiger partial charge on any atom is -0.396 e. The molecule has 0 fully saturated rings. The first kappa shape index (κ1) is 12.2. The molecule has 1 aromatic carbocycles. The maximum Gasteiger partial charge on any atom is 0.264 e. The lowest BCUT2D eigenvalue weighted by Gasteiger charge is -2.06. The van der Waals surface area contributed by atoms with Crippen LogP contribution in [0.2, 0.25) is 0 Å². The molecule has 0 bridgehead atoms. The lowest BCUT2D eigenvalue weighted by atomic mass is 10.3. The van der Waals surface area contributed by atoms with E-state index in [1.54, 1.807) is 6.07 Å². The molecule has 0 unspecified atom stereocenters. The summed E-state index contributed by atoms with van der Waals surface area (Å²) in [7, 11) is -3.92. The van der Waals surface area contributed by atoms with Crippen LogP contribution >= 0.6 is 0 Å². The fourth-order valence-electron chi connectivity index (χ4n) is 1.21. The highest BCUT2D eigenvalue weighted by Crippen LogP contribution is 2.17. The fourth-order valence-corrected chi connectivity index (χ4v) is 2.18. The molecular formula is C10H9FN4O2S. The Morgan fingerprint density at radius 3 is 2.50 bits per heavy atom. The van der Waals surface area contributed by atoms with Gasteiger partial charge < -0.3 is 5.73 Å². The molecule has 0 spiro atoms. The molecule has 0 saturated carbocycles. The molecule has 0 aliphatic rings. The first-order chi connectivity index (χ1) is 8.49. The Labute approximate surface area is 103 Å². The number of hydrogen-bond donors (Lipinski definition) is 2. The molecule has 0 aliphatic carbocycles.